The molecule has 0 N–H and O–H groups in total. The van der Waals surface area contributed by atoms with Crippen LogP contribution in [-0.2, 0) is 0 Å². The molecular formula is C16H9ClN2. The molecule has 0 aliphatic carbocycles. The van der Waals surface area contributed by atoms with Gasteiger partial charge in [0.15, 0.2) is 0 Å². The lowest BCUT2D eigenvalue weighted by Crippen LogP contribution is -1.86. The minimum atomic E-state index is 0.763. The average Bonchev–Trinajstić information content (AvgIpc) is 2.47. The minimum Gasteiger partial charge on any atom is -0.264 e. The lowest BCUT2D eigenvalue weighted by Gasteiger charge is -2.07. The summed E-state index contributed by atoms with van der Waals surface area (Å²) in [5.41, 5.74) is 1.85. The normalized spacial score (nSPS) is 11.4. The first kappa shape index (κ1) is 10.7. The summed E-state index contributed by atoms with van der Waals surface area (Å²) in [5, 5.41) is 4.90. The van der Waals surface area contributed by atoms with E-state index in [0.717, 1.165) is 37.6 Å². The lowest BCUT2D eigenvalue weighted by molar-refractivity contribution is 1.36. The van der Waals surface area contributed by atoms with Gasteiger partial charge in [0.25, 0.3) is 0 Å². The van der Waals surface area contributed by atoms with Gasteiger partial charge >= 0.3 is 0 Å². The van der Waals surface area contributed by atoms with Gasteiger partial charge in [0.05, 0.1) is 16.1 Å². The van der Waals surface area contributed by atoms with Crippen molar-refractivity contribution in [2.75, 3.05) is 0 Å². The van der Waals surface area contributed by atoms with Crippen LogP contribution < -0.4 is 0 Å². The molecule has 0 aliphatic heterocycles. The van der Waals surface area contributed by atoms with Crippen molar-refractivity contribution in [2.45, 2.75) is 0 Å². The van der Waals surface area contributed by atoms with Crippen molar-refractivity contribution in [3.8, 4) is 0 Å². The van der Waals surface area contributed by atoms with Gasteiger partial charge in [0.1, 0.15) is 0 Å². The summed E-state index contributed by atoms with van der Waals surface area (Å²) in [7, 11) is 0. The Morgan fingerprint density at radius 3 is 2.68 bits per heavy atom. The first-order chi connectivity index (χ1) is 9.34. The average molecular weight is 265 g/mol. The molecule has 0 saturated carbocycles. The number of para-hydroxylation sites is 1. The maximum Gasteiger partial charge on any atom is 0.0804 e. The fraction of sp³-hybridized carbons (Fsp3) is 0. The third-order valence-corrected chi connectivity index (χ3v) is 3.81. The molecule has 0 unspecified atom stereocenters. The van der Waals surface area contributed by atoms with Crippen LogP contribution in [0.1, 0.15) is 0 Å². The smallest absolute Gasteiger partial charge is 0.0804 e. The molecule has 0 radical (unpaired) electrons. The molecule has 2 aromatic heterocycles. The Hall–Kier alpha value is -2.19. The highest BCUT2D eigenvalue weighted by molar-refractivity contribution is 6.41. The Labute approximate surface area is 114 Å². The Morgan fingerprint density at radius 2 is 1.74 bits per heavy atom. The molecule has 0 amide bonds. The molecule has 0 bridgehead atoms. The van der Waals surface area contributed by atoms with Crippen LogP contribution in [0.25, 0.3) is 32.6 Å². The van der Waals surface area contributed by atoms with Crippen LogP contribution in [0, 0.1) is 0 Å². The summed E-state index contributed by atoms with van der Waals surface area (Å²) in [6.45, 7) is 0. The molecule has 0 aliphatic rings. The molecule has 19 heavy (non-hydrogen) atoms. The van der Waals surface area contributed by atoms with E-state index in [0.29, 0.717) is 0 Å². The summed E-state index contributed by atoms with van der Waals surface area (Å²) < 4.78 is 0. The molecule has 90 valence electrons. The van der Waals surface area contributed by atoms with Crippen LogP contribution in [0.3, 0.4) is 0 Å². The van der Waals surface area contributed by atoms with E-state index in [4.69, 9.17) is 16.6 Å². The van der Waals surface area contributed by atoms with Gasteiger partial charge in [-0.1, -0.05) is 41.9 Å². The summed E-state index contributed by atoms with van der Waals surface area (Å²) in [6.07, 6.45) is 3.63. The van der Waals surface area contributed by atoms with Crippen LogP contribution in [-0.4, -0.2) is 9.97 Å². The Bertz CT molecular complexity index is 931. The molecule has 3 heteroatoms. The summed E-state index contributed by atoms with van der Waals surface area (Å²) >= 11 is 6.52. The molecule has 2 nitrogen and oxygen atoms in total. The second-order valence-electron chi connectivity index (χ2n) is 4.50. The number of hydrogen-bond donors (Lipinski definition) is 0. The van der Waals surface area contributed by atoms with Crippen molar-refractivity contribution in [2.24, 2.45) is 0 Å². The Morgan fingerprint density at radius 1 is 0.842 bits per heavy atom. The van der Waals surface area contributed by atoms with Crippen LogP contribution in [0.4, 0.5) is 0 Å². The first-order valence-corrected chi connectivity index (χ1v) is 6.43. The number of hydrogen-bond acceptors (Lipinski definition) is 2. The van der Waals surface area contributed by atoms with E-state index in [1.165, 1.54) is 0 Å². The van der Waals surface area contributed by atoms with Gasteiger partial charge < -0.3 is 0 Å². The molecule has 2 aromatic carbocycles. The molecule has 0 spiro atoms. The Balaban J connectivity index is 2.32. The largest absolute Gasteiger partial charge is 0.264 e. The van der Waals surface area contributed by atoms with Gasteiger partial charge in [-0.3, -0.25) is 4.98 Å². The maximum absolute atomic E-state index is 6.52. The van der Waals surface area contributed by atoms with E-state index in [1.807, 2.05) is 48.7 Å². The van der Waals surface area contributed by atoms with Crippen LogP contribution in [0.2, 0.25) is 5.02 Å². The van der Waals surface area contributed by atoms with Crippen molar-refractivity contribution in [3.63, 3.8) is 0 Å². The lowest BCUT2D eigenvalue weighted by atomic mass is 10.1. The van der Waals surface area contributed by atoms with Crippen LogP contribution in [0.5, 0.6) is 0 Å². The number of aromatic nitrogens is 2. The topological polar surface area (TPSA) is 25.8 Å². The second-order valence-corrected chi connectivity index (χ2v) is 4.88. The zero-order valence-electron chi connectivity index (χ0n) is 9.97. The van der Waals surface area contributed by atoms with Crippen molar-refractivity contribution in [1.29, 1.82) is 0 Å². The van der Waals surface area contributed by atoms with E-state index < -0.39 is 0 Å². The molecule has 0 atom stereocenters. The highest BCUT2D eigenvalue weighted by Crippen LogP contribution is 2.33. The van der Waals surface area contributed by atoms with Gasteiger partial charge in [-0.05, 0) is 12.1 Å². The highest BCUT2D eigenvalue weighted by atomic mass is 35.5. The third-order valence-electron chi connectivity index (χ3n) is 3.40. The number of rotatable bonds is 0. The highest BCUT2D eigenvalue weighted by Gasteiger charge is 2.09. The van der Waals surface area contributed by atoms with Crippen molar-refractivity contribution >= 4 is 44.2 Å². The van der Waals surface area contributed by atoms with Crippen LogP contribution in [0.15, 0.2) is 54.9 Å². The van der Waals surface area contributed by atoms with E-state index in [9.17, 15) is 0 Å². The van der Waals surface area contributed by atoms with Gasteiger partial charge in [-0.15, -0.1) is 0 Å². The van der Waals surface area contributed by atoms with Crippen molar-refractivity contribution in [1.82, 2.24) is 9.97 Å². The zero-order valence-corrected chi connectivity index (χ0v) is 10.7. The fourth-order valence-electron chi connectivity index (χ4n) is 2.47. The minimum absolute atomic E-state index is 0.763. The number of halogens is 1. The molecule has 4 aromatic rings. The Kier molecular flexibility index (Phi) is 2.20. The van der Waals surface area contributed by atoms with E-state index in [2.05, 4.69) is 4.98 Å². The SMILES string of the molecule is Clc1c2ccccc2nc2c1ccc1cnccc12. The maximum atomic E-state index is 6.52. The van der Waals surface area contributed by atoms with E-state index >= 15 is 0 Å². The quantitative estimate of drug-likeness (QED) is 0.343. The van der Waals surface area contributed by atoms with Gasteiger partial charge in [0.2, 0.25) is 0 Å². The predicted molar refractivity (Wildman–Crippen MR) is 79.6 cm³/mol. The summed E-state index contributed by atoms with van der Waals surface area (Å²) in [4.78, 5) is 8.90. The molecule has 0 fully saturated rings. The molecule has 2 heterocycles. The molecule has 0 saturated heterocycles. The molecular weight excluding hydrogens is 256 g/mol. The number of benzene rings is 2. The standard InChI is InChI=1S/C16H9ClN2/c17-15-12-3-1-2-4-14(12)19-16-11-7-8-18-9-10(11)5-6-13(15)16/h1-9H. The monoisotopic (exact) mass is 264 g/mol. The number of fused-ring (bicyclic) bond motifs is 4. The van der Waals surface area contributed by atoms with Gasteiger partial charge in [-0.25, -0.2) is 4.98 Å². The first-order valence-electron chi connectivity index (χ1n) is 6.05. The summed E-state index contributed by atoms with van der Waals surface area (Å²) in [6, 6.07) is 14.0. The third kappa shape index (κ3) is 1.50. The fourth-order valence-corrected chi connectivity index (χ4v) is 2.78. The van der Waals surface area contributed by atoms with Crippen molar-refractivity contribution in [3.05, 3.63) is 59.9 Å². The van der Waals surface area contributed by atoms with E-state index in [1.54, 1.807) is 6.20 Å². The number of nitrogens with zero attached hydrogens (tertiary/aromatic N) is 2. The van der Waals surface area contributed by atoms with Gasteiger partial charge in [-0.2, -0.15) is 0 Å². The number of pyridine rings is 2. The summed E-state index contributed by atoms with van der Waals surface area (Å²) in [5.74, 6) is 0. The zero-order chi connectivity index (χ0) is 12.8. The predicted octanol–water partition coefficient (Wildman–Crippen LogP) is 4.59. The van der Waals surface area contributed by atoms with Crippen LogP contribution >= 0.6 is 11.6 Å². The molecule has 4 rings (SSSR count). The van der Waals surface area contributed by atoms with Gasteiger partial charge in [0, 0.05) is 33.9 Å². The van der Waals surface area contributed by atoms with E-state index in [-0.39, 0.29) is 0 Å². The second kappa shape index (κ2) is 3.90. The van der Waals surface area contributed by atoms with Crippen molar-refractivity contribution < 1.29 is 0 Å².